The van der Waals surface area contributed by atoms with Gasteiger partial charge in [0.25, 0.3) is 0 Å². The molecule has 0 spiro atoms. The Balaban J connectivity index is 2.20. The lowest BCUT2D eigenvalue weighted by atomic mass is 10.3. The highest BCUT2D eigenvalue weighted by Gasteiger charge is 1.86. The van der Waals surface area contributed by atoms with Gasteiger partial charge in [0.2, 0.25) is 0 Å². The molecule has 1 nitrogen and oxygen atoms in total. The Morgan fingerprint density at radius 3 is 2.77 bits per heavy atom. The van der Waals surface area contributed by atoms with Gasteiger partial charge in [-0.25, -0.2) is 0 Å². The first-order chi connectivity index (χ1) is 6.43. The van der Waals surface area contributed by atoms with E-state index in [9.17, 15) is 0 Å². The van der Waals surface area contributed by atoms with Gasteiger partial charge in [0, 0.05) is 0 Å². The molecule has 0 unspecified atom stereocenters. The van der Waals surface area contributed by atoms with Crippen LogP contribution < -0.4 is 4.74 Å². The molecule has 0 aliphatic carbocycles. The van der Waals surface area contributed by atoms with E-state index in [4.69, 9.17) is 4.74 Å². The van der Waals surface area contributed by atoms with E-state index in [0.29, 0.717) is 6.61 Å². The summed E-state index contributed by atoms with van der Waals surface area (Å²) in [7, 11) is 0. The zero-order valence-electron chi connectivity index (χ0n) is 7.99. The Labute approximate surface area is 80.0 Å². The second-order valence-corrected chi connectivity index (χ2v) is 2.81. The molecule has 13 heavy (non-hydrogen) atoms. The molecule has 0 atom stereocenters. The highest BCUT2D eigenvalue weighted by molar-refractivity contribution is 5.20. The highest BCUT2D eigenvalue weighted by atomic mass is 16.5. The summed E-state index contributed by atoms with van der Waals surface area (Å²) in [5.74, 6) is 0.903. The van der Waals surface area contributed by atoms with Gasteiger partial charge in [0.05, 0.1) is 0 Å². The van der Waals surface area contributed by atoms with Gasteiger partial charge in [-0.05, 0) is 24.6 Å². The third-order valence-corrected chi connectivity index (χ3v) is 1.66. The number of unbranched alkanes of at least 4 members (excludes halogenated alkanes) is 1. The predicted molar refractivity (Wildman–Crippen MR) is 54.8 cm³/mol. The van der Waals surface area contributed by atoms with Crippen LogP contribution in [0.25, 0.3) is 0 Å². The zero-order chi connectivity index (χ0) is 9.36. The quantitative estimate of drug-likeness (QED) is 0.624. The van der Waals surface area contributed by atoms with Crippen molar-refractivity contribution < 1.29 is 4.74 Å². The first-order valence-electron chi connectivity index (χ1n) is 4.67. The van der Waals surface area contributed by atoms with Crippen LogP contribution in [0.5, 0.6) is 5.75 Å². The minimum atomic E-state index is 0.657. The molecule has 1 radical (unpaired) electrons. The Morgan fingerprint density at radius 1 is 1.31 bits per heavy atom. The Hall–Kier alpha value is -1.24. The van der Waals surface area contributed by atoms with Crippen LogP contribution in [0.2, 0.25) is 0 Å². The second-order valence-electron chi connectivity index (χ2n) is 2.81. The summed E-state index contributed by atoms with van der Waals surface area (Å²) in [6.45, 7) is 2.82. The van der Waals surface area contributed by atoms with E-state index in [1.807, 2.05) is 24.3 Å². The molecule has 1 aromatic carbocycles. The number of rotatable bonds is 5. The van der Waals surface area contributed by atoms with Crippen molar-refractivity contribution in [2.24, 2.45) is 0 Å². The molecule has 0 fully saturated rings. The molecule has 1 aromatic rings. The third kappa shape index (κ3) is 4.36. The largest absolute Gasteiger partial charge is 0.490 e. The fraction of sp³-hybridized carbons (Fsp3) is 0.333. The molecule has 0 aromatic heterocycles. The van der Waals surface area contributed by atoms with Gasteiger partial charge in [-0.15, -0.1) is 0 Å². The van der Waals surface area contributed by atoms with Crippen LogP contribution in [0.15, 0.2) is 36.4 Å². The minimum absolute atomic E-state index is 0.657. The predicted octanol–water partition coefficient (Wildman–Crippen LogP) is 3.22. The number of benzene rings is 1. The molecule has 0 saturated heterocycles. The van der Waals surface area contributed by atoms with Crippen molar-refractivity contribution in [2.75, 3.05) is 6.61 Å². The summed E-state index contributed by atoms with van der Waals surface area (Å²) in [6.07, 6.45) is 6.53. The average molecular weight is 175 g/mol. The van der Waals surface area contributed by atoms with Gasteiger partial charge in [0.1, 0.15) is 12.4 Å². The van der Waals surface area contributed by atoms with Crippen LogP contribution in [-0.4, -0.2) is 6.61 Å². The van der Waals surface area contributed by atoms with Crippen LogP contribution in [0.1, 0.15) is 19.8 Å². The van der Waals surface area contributed by atoms with Gasteiger partial charge in [0.15, 0.2) is 0 Å². The molecule has 0 saturated carbocycles. The van der Waals surface area contributed by atoms with Crippen molar-refractivity contribution in [1.82, 2.24) is 0 Å². The molecule has 0 N–H and O–H groups in total. The summed E-state index contributed by atoms with van der Waals surface area (Å²) >= 11 is 0. The van der Waals surface area contributed by atoms with Gasteiger partial charge in [-0.1, -0.05) is 37.6 Å². The first-order valence-corrected chi connectivity index (χ1v) is 4.67. The minimum Gasteiger partial charge on any atom is -0.490 e. The van der Waals surface area contributed by atoms with Crippen molar-refractivity contribution in [3.8, 4) is 5.75 Å². The van der Waals surface area contributed by atoms with Crippen molar-refractivity contribution in [2.45, 2.75) is 19.8 Å². The van der Waals surface area contributed by atoms with E-state index < -0.39 is 0 Å². The molecule has 1 rings (SSSR count). The van der Waals surface area contributed by atoms with E-state index in [2.05, 4.69) is 25.1 Å². The molecule has 0 bridgehead atoms. The summed E-state index contributed by atoms with van der Waals surface area (Å²) in [4.78, 5) is 0. The summed E-state index contributed by atoms with van der Waals surface area (Å²) in [5.41, 5.74) is 0. The average Bonchev–Trinajstić information content (AvgIpc) is 2.19. The lowest BCUT2D eigenvalue weighted by molar-refractivity contribution is 0.362. The SMILES string of the molecule is CCC/C=C/COc1cc[c]cc1. The number of hydrogen-bond acceptors (Lipinski definition) is 1. The number of hydrogen-bond donors (Lipinski definition) is 0. The smallest absolute Gasteiger partial charge is 0.119 e. The zero-order valence-corrected chi connectivity index (χ0v) is 7.99. The maximum Gasteiger partial charge on any atom is 0.119 e. The second kappa shape index (κ2) is 6.30. The fourth-order valence-electron chi connectivity index (χ4n) is 0.965. The summed E-state index contributed by atoms with van der Waals surface area (Å²) in [6, 6.07) is 10.5. The third-order valence-electron chi connectivity index (χ3n) is 1.66. The van der Waals surface area contributed by atoms with Crippen molar-refractivity contribution in [3.05, 3.63) is 42.5 Å². The molecule has 0 heterocycles. The van der Waals surface area contributed by atoms with Gasteiger partial charge >= 0.3 is 0 Å². The Kier molecular flexibility index (Phi) is 4.77. The van der Waals surface area contributed by atoms with Crippen LogP contribution >= 0.6 is 0 Å². The first kappa shape index (κ1) is 9.85. The molecule has 0 aliphatic heterocycles. The molecular formula is C12H15O. The maximum atomic E-state index is 5.45. The highest BCUT2D eigenvalue weighted by Crippen LogP contribution is 2.07. The van der Waals surface area contributed by atoms with Crippen LogP contribution in [-0.2, 0) is 0 Å². The fourth-order valence-corrected chi connectivity index (χ4v) is 0.965. The van der Waals surface area contributed by atoms with Crippen LogP contribution in [0, 0.1) is 6.07 Å². The standard InChI is InChI=1S/C12H15O/c1-2-3-4-8-11-13-12-9-6-5-7-10-12/h4,6-10H,2-3,11H2,1H3/b8-4+. The lowest BCUT2D eigenvalue weighted by Gasteiger charge is -2.00. The molecule has 69 valence electrons. The van der Waals surface area contributed by atoms with E-state index in [-0.39, 0.29) is 0 Å². The Morgan fingerprint density at radius 2 is 2.08 bits per heavy atom. The number of ether oxygens (including phenoxy) is 1. The summed E-state index contributed by atoms with van der Waals surface area (Å²) < 4.78 is 5.45. The van der Waals surface area contributed by atoms with Crippen molar-refractivity contribution in [1.29, 1.82) is 0 Å². The van der Waals surface area contributed by atoms with Crippen LogP contribution in [0.4, 0.5) is 0 Å². The van der Waals surface area contributed by atoms with E-state index in [1.165, 1.54) is 6.42 Å². The number of allylic oxidation sites excluding steroid dienone is 1. The molecule has 0 amide bonds. The van der Waals surface area contributed by atoms with E-state index in [1.54, 1.807) is 0 Å². The van der Waals surface area contributed by atoms with E-state index >= 15 is 0 Å². The maximum absolute atomic E-state index is 5.45. The van der Waals surface area contributed by atoms with Gasteiger partial charge in [-0.3, -0.25) is 0 Å². The topological polar surface area (TPSA) is 9.23 Å². The van der Waals surface area contributed by atoms with Gasteiger partial charge < -0.3 is 4.74 Å². The Bertz CT molecular complexity index is 239. The molecular weight excluding hydrogens is 160 g/mol. The molecule has 0 aliphatic rings. The van der Waals surface area contributed by atoms with Crippen LogP contribution in [0.3, 0.4) is 0 Å². The van der Waals surface area contributed by atoms with Gasteiger partial charge in [-0.2, -0.15) is 0 Å². The lowest BCUT2D eigenvalue weighted by Crippen LogP contribution is -1.92. The van der Waals surface area contributed by atoms with Crippen molar-refractivity contribution in [3.63, 3.8) is 0 Å². The molecule has 1 heteroatoms. The normalized spacial score (nSPS) is 10.5. The van der Waals surface area contributed by atoms with Crippen molar-refractivity contribution >= 4 is 0 Å². The summed E-state index contributed by atoms with van der Waals surface area (Å²) in [5, 5.41) is 0. The monoisotopic (exact) mass is 175 g/mol. The van der Waals surface area contributed by atoms with E-state index in [0.717, 1.165) is 12.2 Å².